The predicted molar refractivity (Wildman–Crippen MR) is 80.6 cm³/mol. The molecule has 3 heteroatoms. The van der Waals surface area contributed by atoms with E-state index in [1.54, 1.807) is 0 Å². The van der Waals surface area contributed by atoms with E-state index in [0.717, 1.165) is 13.1 Å². The Morgan fingerprint density at radius 1 is 1.16 bits per heavy atom. The van der Waals surface area contributed by atoms with Crippen LogP contribution in [0.15, 0.2) is 4.99 Å². The van der Waals surface area contributed by atoms with Crippen LogP contribution in [0, 0.1) is 10.8 Å². The number of fused-ring (bicyclic) bond motifs is 1. The van der Waals surface area contributed by atoms with E-state index in [1.807, 2.05) is 0 Å². The van der Waals surface area contributed by atoms with Gasteiger partial charge in [-0.15, -0.1) is 0 Å². The fourth-order valence-electron chi connectivity index (χ4n) is 4.27. The van der Waals surface area contributed by atoms with Crippen molar-refractivity contribution in [2.24, 2.45) is 15.8 Å². The summed E-state index contributed by atoms with van der Waals surface area (Å²) in [6.07, 6.45) is 2.59. The quantitative estimate of drug-likeness (QED) is 0.787. The standard InChI is InChI=1S/C16H29N3/c1-14(2,3)11-9-16(13-17-7-8-18-13)10-12(16)19(11)15(4,5)6/h11-12H,7-10H2,1-6H3,(H,17,18)/t11-,12?,16+/m0/s1. The maximum absolute atomic E-state index is 4.74. The first-order chi connectivity index (χ1) is 8.66. The highest BCUT2D eigenvalue weighted by Gasteiger charge is 2.70. The van der Waals surface area contributed by atoms with E-state index in [1.165, 1.54) is 18.7 Å². The number of hydrogen-bond donors (Lipinski definition) is 1. The van der Waals surface area contributed by atoms with Crippen LogP contribution in [0.25, 0.3) is 0 Å². The van der Waals surface area contributed by atoms with Crippen molar-refractivity contribution in [3.05, 3.63) is 0 Å². The number of piperidine rings is 1. The molecule has 2 aliphatic heterocycles. The minimum Gasteiger partial charge on any atom is -0.371 e. The van der Waals surface area contributed by atoms with Crippen LogP contribution in [-0.2, 0) is 0 Å². The summed E-state index contributed by atoms with van der Waals surface area (Å²) in [5, 5.41) is 3.55. The molecule has 3 nitrogen and oxygen atoms in total. The van der Waals surface area contributed by atoms with Gasteiger partial charge in [0.1, 0.15) is 5.84 Å². The fraction of sp³-hybridized carbons (Fsp3) is 0.938. The summed E-state index contributed by atoms with van der Waals surface area (Å²) in [6, 6.07) is 1.37. The molecule has 0 spiro atoms. The van der Waals surface area contributed by atoms with Crippen LogP contribution in [0.5, 0.6) is 0 Å². The van der Waals surface area contributed by atoms with Crippen molar-refractivity contribution < 1.29 is 0 Å². The van der Waals surface area contributed by atoms with Crippen molar-refractivity contribution in [2.45, 2.75) is 72.0 Å². The average Bonchev–Trinajstić information content (AvgIpc) is 2.67. The van der Waals surface area contributed by atoms with E-state index >= 15 is 0 Å². The third-order valence-corrected chi connectivity index (χ3v) is 5.18. The molecule has 108 valence electrons. The molecule has 1 N–H and O–H groups in total. The molecule has 0 amide bonds. The van der Waals surface area contributed by atoms with Crippen LogP contribution < -0.4 is 5.32 Å². The van der Waals surface area contributed by atoms with Crippen molar-refractivity contribution in [2.75, 3.05) is 13.1 Å². The summed E-state index contributed by atoms with van der Waals surface area (Å²) in [5.74, 6) is 1.32. The van der Waals surface area contributed by atoms with Gasteiger partial charge in [-0.3, -0.25) is 9.89 Å². The average molecular weight is 263 g/mol. The zero-order chi connectivity index (χ0) is 14.1. The van der Waals surface area contributed by atoms with Crippen LogP contribution in [0.2, 0.25) is 0 Å². The van der Waals surface area contributed by atoms with Crippen molar-refractivity contribution in [3.8, 4) is 0 Å². The Balaban J connectivity index is 1.92. The lowest BCUT2D eigenvalue weighted by Crippen LogP contribution is -2.51. The molecule has 3 rings (SSSR count). The Hall–Kier alpha value is -0.570. The Labute approximate surface area is 117 Å². The van der Waals surface area contributed by atoms with E-state index < -0.39 is 0 Å². The third-order valence-electron chi connectivity index (χ3n) is 5.18. The molecule has 2 heterocycles. The van der Waals surface area contributed by atoms with Crippen molar-refractivity contribution in [1.29, 1.82) is 0 Å². The van der Waals surface area contributed by atoms with Gasteiger partial charge in [-0.2, -0.15) is 0 Å². The normalized spacial score (nSPS) is 38.9. The van der Waals surface area contributed by atoms with Crippen molar-refractivity contribution in [1.82, 2.24) is 10.2 Å². The summed E-state index contributed by atoms with van der Waals surface area (Å²) in [6.45, 7) is 16.3. The van der Waals surface area contributed by atoms with Crippen LogP contribution >= 0.6 is 0 Å². The highest BCUT2D eigenvalue weighted by molar-refractivity contribution is 5.93. The molecule has 0 aromatic carbocycles. The topological polar surface area (TPSA) is 27.6 Å². The number of nitrogens with zero attached hydrogens (tertiary/aromatic N) is 2. The van der Waals surface area contributed by atoms with Gasteiger partial charge in [0, 0.05) is 29.6 Å². The van der Waals surface area contributed by atoms with Gasteiger partial charge < -0.3 is 5.32 Å². The van der Waals surface area contributed by atoms with E-state index in [4.69, 9.17) is 4.99 Å². The SMILES string of the molecule is CC(C)(C)[C@@H]1C[C@@]2(C3=NCCN3)CC2N1C(C)(C)C. The zero-order valence-corrected chi connectivity index (χ0v) is 13.4. The third kappa shape index (κ3) is 1.93. The lowest BCUT2D eigenvalue weighted by atomic mass is 9.80. The smallest absolute Gasteiger partial charge is 0.104 e. The molecule has 19 heavy (non-hydrogen) atoms. The molecule has 3 aliphatic rings. The Kier molecular flexibility index (Phi) is 2.65. The Bertz CT molecular complexity index is 413. The van der Waals surface area contributed by atoms with Gasteiger partial charge in [0.05, 0.1) is 6.54 Å². The number of likely N-dealkylation sites (tertiary alicyclic amines) is 1. The Morgan fingerprint density at radius 2 is 1.84 bits per heavy atom. The first-order valence-corrected chi connectivity index (χ1v) is 7.73. The van der Waals surface area contributed by atoms with Gasteiger partial charge in [-0.05, 0) is 39.0 Å². The first kappa shape index (κ1) is 13.4. The molecule has 0 aromatic heterocycles. The van der Waals surface area contributed by atoms with Crippen LogP contribution in [-0.4, -0.2) is 41.4 Å². The molecule has 0 bridgehead atoms. The van der Waals surface area contributed by atoms with Gasteiger partial charge in [-0.1, -0.05) is 20.8 Å². The van der Waals surface area contributed by atoms with Gasteiger partial charge in [-0.25, -0.2) is 0 Å². The lowest BCUT2D eigenvalue weighted by molar-refractivity contribution is 0.0362. The number of amidine groups is 1. The number of aliphatic imine (C=N–C) groups is 1. The molecular formula is C16H29N3. The second-order valence-electron chi connectivity index (χ2n) is 8.70. The van der Waals surface area contributed by atoms with Gasteiger partial charge in [0.2, 0.25) is 0 Å². The second kappa shape index (κ2) is 3.75. The minimum absolute atomic E-state index is 0.250. The second-order valence-corrected chi connectivity index (χ2v) is 8.70. The summed E-state index contributed by atoms with van der Waals surface area (Å²) >= 11 is 0. The summed E-state index contributed by atoms with van der Waals surface area (Å²) < 4.78 is 0. The largest absolute Gasteiger partial charge is 0.371 e. The minimum atomic E-state index is 0.250. The van der Waals surface area contributed by atoms with E-state index in [9.17, 15) is 0 Å². The molecule has 0 radical (unpaired) electrons. The molecule has 3 atom stereocenters. The number of hydrogen-bond acceptors (Lipinski definition) is 3. The summed E-state index contributed by atoms with van der Waals surface area (Å²) in [7, 11) is 0. The highest BCUT2D eigenvalue weighted by atomic mass is 15.3. The fourth-order valence-corrected chi connectivity index (χ4v) is 4.27. The van der Waals surface area contributed by atoms with E-state index in [2.05, 4.69) is 51.8 Å². The summed E-state index contributed by atoms with van der Waals surface area (Å²) in [4.78, 5) is 7.53. The van der Waals surface area contributed by atoms with Gasteiger partial charge >= 0.3 is 0 Å². The predicted octanol–water partition coefficient (Wildman–Crippen LogP) is 2.67. The molecule has 1 saturated carbocycles. The first-order valence-electron chi connectivity index (χ1n) is 7.73. The van der Waals surface area contributed by atoms with Crippen LogP contribution in [0.3, 0.4) is 0 Å². The van der Waals surface area contributed by atoms with Crippen molar-refractivity contribution in [3.63, 3.8) is 0 Å². The number of nitrogens with one attached hydrogen (secondary N) is 1. The monoisotopic (exact) mass is 263 g/mol. The van der Waals surface area contributed by atoms with Crippen molar-refractivity contribution >= 4 is 5.84 Å². The molecule has 2 fully saturated rings. The zero-order valence-electron chi connectivity index (χ0n) is 13.4. The van der Waals surface area contributed by atoms with Gasteiger partial charge in [0.15, 0.2) is 0 Å². The number of rotatable bonds is 1. The molecule has 1 aliphatic carbocycles. The van der Waals surface area contributed by atoms with E-state index in [0.29, 0.717) is 22.9 Å². The van der Waals surface area contributed by atoms with Crippen LogP contribution in [0.4, 0.5) is 0 Å². The maximum atomic E-state index is 4.74. The lowest BCUT2D eigenvalue weighted by Gasteiger charge is -2.45. The highest BCUT2D eigenvalue weighted by Crippen LogP contribution is 2.64. The maximum Gasteiger partial charge on any atom is 0.104 e. The Morgan fingerprint density at radius 3 is 2.26 bits per heavy atom. The molecule has 1 unspecified atom stereocenters. The van der Waals surface area contributed by atoms with Crippen LogP contribution in [0.1, 0.15) is 54.4 Å². The molecule has 1 saturated heterocycles. The molecular weight excluding hydrogens is 234 g/mol. The summed E-state index contributed by atoms with van der Waals surface area (Å²) in [5.41, 5.74) is 0.953. The molecule has 0 aromatic rings. The van der Waals surface area contributed by atoms with E-state index in [-0.39, 0.29) is 5.54 Å². The van der Waals surface area contributed by atoms with Gasteiger partial charge in [0.25, 0.3) is 0 Å².